The fourth-order valence-electron chi connectivity index (χ4n) is 1.60. The van der Waals surface area contributed by atoms with E-state index in [0.717, 1.165) is 0 Å². The third-order valence-electron chi connectivity index (χ3n) is 2.47. The van der Waals surface area contributed by atoms with Gasteiger partial charge >= 0.3 is 5.69 Å². The molecule has 0 spiro atoms. The Kier molecular flexibility index (Phi) is 4.14. The molecule has 0 saturated heterocycles. The molecule has 0 aliphatic carbocycles. The fourth-order valence-corrected chi connectivity index (χ4v) is 1.60. The molecule has 17 heavy (non-hydrogen) atoms. The van der Waals surface area contributed by atoms with E-state index in [0.29, 0.717) is 13.0 Å². The number of nitrogens with two attached hydrogens (primary N) is 1. The van der Waals surface area contributed by atoms with E-state index in [1.54, 1.807) is 13.0 Å². The first-order valence-electron chi connectivity index (χ1n) is 5.51. The minimum atomic E-state index is -0.492. The summed E-state index contributed by atoms with van der Waals surface area (Å²) in [5.74, 6) is 0.164. The lowest BCUT2D eigenvalue weighted by Crippen LogP contribution is -2.35. The molecular weight excluding hydrogens is 220 g/mol. The second-order valence-electron chi connectivity index (χ2n) is 3.83. The minimum absolute atomic E-state index is 0.0266. The zero-order chi connectivity index (χ0) is 13.0. The molecule has 6 nitrogen and oxygen atoms in total. The van der Waals surface area contributed by atoms with E-state index in [1.807, 2.05) is 6.92 Å². The highest BCUT2D eigenvalue weighted by atomic mass is 16.2. The number of hydrogen-bond donors (Lipinski definition) is 3. The molecule has 6 heteroatoms. The van der Waals surface area contributed by atoms with Crippen LogP contribution in [0.3, 0.4) is 0 Å². The van der Waals surface area contributed by atoms with Crippen LogP contribution in [0.5, 0.6) is 0 Å². The molecule has 94 valence electrons. The number of nitrogens with zero attached hydrogens (tertiary/aromatic N) is 1. The summed E-state index contributed by atoms with van der Waals surface area (Å²) in [5, 5.41) is 2.98. The number of rotatable bonds is 5. The number of nitrogens with one attached hydrogen (secondary N) is 2. The molecule has 1 unspecified atom stereocenters. The molecule has 1 aromatic heterocycles. The Hall–Kier alpha value is -1.98. The maximum absolute atomic E-state index is 11.6. The highest BCUT2D eigenvalue weighted by Gasteiger charge is 2.12. The third-order valence-corrected chi connectivity index (χ3v) is 2.47. The van der Waals surface area contributed by atoms with Gasteiger partial charge in [0.1, 0.15) is 11.5 Å². The van der Waals surface area contributed by atoms with E-state index in [2.05, 4.69) is 16.9 Å². The maximum atomic E-state index is 11.6. The number of hydrogen-bond acceptors (Lipinski definition) is 4. The molecule has 0 aromatic carbocycles. The Balaban J connectivity index is 3.20. The minimum Gasteiger partial charge on any atom is -0.383 e. The van der Waals surface area contributed by atoms with Crippen molar-refractivity contribution in [1.82, 2.24) is 9.55 Å². The predicted octanol–water partition coefficient (Wildman–Crippen LogP) is 0.515. The third kappa shape index (κ3) is 2.77. The zero-order valence-electron chi connectivity index (χ0n) is 10.1. The summed E-state index contributed by atoms with van der Waals surface area (Å²) in [6.45, 7) is 7.72. The molecule has 1 rings (SSSR count). The van der Waals surface area contributed by atoms with E-state index in [9.17, 15) is 9.59 Å². The zero-order valence-corrected chi connectivity index (χ0v) is 10.1. The standard InChI is InChI=1S/C11H18N4O2/c1-4-6-7(3)13-8-9(12)15(5-2)11(17)14-10(8)16/h4,7,13H,1,5-6,12H2,2-3H3,(H,14,16,17). The monoisotopic (exact) mass is 238 g/mol. The van der Waals surface area contributed by atoms with E-state index < -0.39 is 11.2 Å². The Bertz CT molecular complexity index is 515. The largest absolute Gasteiger partial charge is 0.383 e. The van der Waals surface area contributed by atoms with Crippen molar-refractivity contribution in [2.24, 2.45) is 0 Å². The van der Waals surface area contributed by atoms with Gasteiger partial charge in [-0.05, 0) is 20.3 Å². The second-order valence-corrected chi connectivity index (χ2v) is 3.83. The maximum Gasteiger partial charge on any atom is 0.330 e. The first-order valence-corrected chi connectivity index (χ1v) is 5.51. The van der Waals surface area contributed by atoms with Crippen molar-refractivity contribution in [1.29, 1.82) is 0 Å². The molecule has 0 fully saturated rings. The van der Waals surface area contributed by atoms with Gasteiger partial charge in [-0.25, -0.2) is 4.79 Å². The Morgan fingerprint density at radius 2 is 2.24 bits per heavy atom. The van der Waals surface area contributed by atoms with Crippen LogP contribution in [-0.4, -0.2) is 15.6 Å². The van der Waals surface area contributed by atoms with Crippen molar-refractivity contribution in [3.8, 4) is 0 Å². The first-order chi connectivity index (χ1) is 8.01. The highest BCUT2D eigenvalue weighted by Crippen LogP contribution is 2.12. The first kappa shape index (κ1) is 13.1. The molecule has 0 radical (unpaired) electrons. The van der Waals surface area contributed by atoms with Crippen LogP contribution in [0.2, 0.25) is 0 Å². The van der Waals surface area contributed by atoms with Gasteiger partial charge in [0.05, 0.1) is 0 Å². The Morgan fingerprint density at radius 1 is 1.59 bits per heavy atom. The van der Waals surface area contributed by atoms with Gasteiger partial charge in [0.15, 0.2) is 0 Å². The summed E-state index contributed by atoms with van der Waals surface area (Å²) in [6, 6.07) is 0.0266. The molecule has 0 aliphatic rings. The summed E-state index contributed by atoms with van der Waals surface area (Å²) < 4.78 is 1.31. The molecule has 0 aliphatic heterocycles. The SMILES string of the molecule is C=CCC(C)Nc1c(N)n(CC)c(=O)[nH]c1=O. The fraction of sp³-hybridized carbons (Fsp3) is 0.455. The highest BCUT2D eigenvalue weighted by molar-refractivity contribution is 5.60. The van der Waals surface area contributed by atoms with Gasteiger partial charge in [0, 0.05) is 12.6 Å². The molecule has 1 atom stereocenters. The van der Waals surface area contributed by atoms with E-state index in [1.165, 1.54) is 4.57 Å². The van der Waals surface area contributed by atoms with Gasteiger partial charge in [-0.1, -0.05) is 6.08 Å². The van der Waals surface area contributed by atoms with Crippen LogP contribution in [0.1, 0.15) is 20.3 Å². The van der Waals surface area contributed by atoms with Crippen molar-refractivity contribution in [3.63, 3.8) is 0 Å². The summed E-state index contributed by atoms with van der Waals surface area (Å²) in [4.78, 5) is 25.3. The van der Waals surface area contributed by atoms with Crippen LogP contribution >= 0.6 is 0 Å². The Morgan fingerprint density at radius 3 is 2.76 bits per heavy atom. The smallest absolute Gasteiger partial charge is 0.330 e. The van der Waals surface area contributed by atoms with Crippen LogP contribution in [0.4, 0.5) is 11.5 Å². The quantitative estimate of drug-likeness (QED) is 0.652. The van der Waals surface area contributed by atoms with Gasteiger partial charge in [0.25, 0.3) is 5.56 Å². The van der Waals surface area contributed by atoms with Gasteiger partial charge in [-0.3, -0.25) is 14.3 Å². The van der Waals surface area contributed by atoms with Crippen molar-refractivity contribution in [3.05, 3.63) is 33.5 Å². The lowest BCUT2D eigenvalue weighted by Gasteiger charge is -2.16. The van der Waals surface area contributed by atoms with Gasteiger partial charge in [-0.2, -0.15) is 0 Å². The number of nitrogen functional groups attached to an aromatic ring is 1. The van der Waals surface area contributed by atoms with Crippen molar-refractivity contribution >= 4 is 11.5 Å². The Labute approximate surface area is 99.2 Å². The summed E-state index contributed by atoms with van der Waals surface area (Å²) in [5.41, 5.74) is 5.05. The second kappa shape index (κ2) is 5.38. The summed E-state index contributed by atoms with van der Waals surface area (Å²) in [7, 11) is 0. The van der Waals surface area contributed by atoms with Crippen molar-refractivity contribution in [2.45, 2.75) is 32.9 Å². The van der Waals surface area contributed by atoms with Crippen LogP contribution in [0, 0.1) is 0 Å². The van der Waals surface area contributed by atoms with Crippen molar-refractivity contribution < 1.29 is 0 Å². The van der Waals surface area contributed by atoms with Crippen molar-refractivity contribution in [2.75, 3.05) is 11.1 Å². The normalized spacial score (nSPS) is 12.1. The van der Waals surface area contributed by atoms with E-state index >= 15 is 0 Å². The van der Waals surface area contributed by atoms with Gasteiger partial charge in [-0.15, -0.1) is 6.58 Å². The van der Waals surface area contributed by atoms with Crippen LogP contribution in [0.25, 0.3) is 0 Å². The van der Waals surface area contributed by atoms with Crippen LogP contribution < -0.4 is 22.3 Å². The predicted molar refractivity (Wildman–Crippen MR) is 69.3 cm³/mol. The average molecular weight is 238 g/mol. The lowest BCUT2D eigenvalue weighted by molar-refractivity contribution is 0.702. The number of aromatic nitrogens is 2. The van der Waals surface area contributed by atoms with Crippen LogP contribution in [-0.2, 0) is 6.54 Å². The van der Waals surface area contributed by atoms with Gasteiger partial charge in [0.2, 0.25) is 0 Å². The average Bonchev–Trinajstić information content (AvgIpc) is 2.25. The van der Waals surface area contributed by atoms with Crippen LogP contribution in [0.15, 0.2) is 22.2 Å². The van der Waals surface area contributed by atoms with Gasteiger partial charge < -0.3 is 11.1 Å². The molecule has 0 amide bonds. The summed E-state index contributed by atoms with van der Waals surface area (Å²) in [6.07, 6.45) is 2.45. The topological polar surface area (TPSA) is 92.9 Å². The molecule has 0 saturated carbocycles. The summed E-state index contributed by atoms with van der Waals surface area (Å²) >= 11 is 0. The molecule has 1 aromatic rings. The number of anilines is 2. The molecule has 0 bridgehead atoms. The number of H-pyrrole nitrogens is 1. The molecule has 1 heterocycles. The van der Waals surface area contributed by atoms with E-state index in [4.69, 9.17) is 5.73 Å². The number of aromatic amines is 1. The molecular formula is C11H18N4O2. The van der Waals surface area contributed by atoms with E-state index in [-0.39, 0.29) is 17.5 Å². The molecule has 4 N–H and O–H groups in total. The lowest BCUT2D eigenvalue weighted by atomic mass is 10.2.